The summed E-state index contributed by atoms with van der Waals surface area (Å²) < 4.78 is 24.7. The Balaban J connectivity index is 1.45. The maximum absolute atomic E-state index is 13.2. The summed E-state index contributed by atoms with van der Waals surface area (Å²) in [6.45, 7) is 3.06. The van der Waals surface area contributed by atoms with Gasteiger partial charge in [-0.25, -0.2) is 4.39 Å². The molecule has 3 atom stereocenters. The molecule has 1 saturated carbocycles. The van der Waals surface area contributed by atoms with Crippen molar-refractivity contribution in [2.45, 2.75) is 57.3 Å². The average Bonchev–Trinajstić information content (AvgIpc) is 2.56. The van der Waals surface area contributed by atoms with Crippen molar-refractivity contribution in [3.8, 4) is 0 Å². The van der Waals surface area contributed by atoms with Gasteiger partial charge in [-0.05, 0) is 49.8 Å². The molecule has 5 heteroatoms. The summed E-state index contributed by atoms with van der Waals surface area (Å²) in [4.78, 5) is 12.1. The third-order valence-electron chi connectivity index (χ3n) is 4.71. The highest BCUT2D eigenvalue weighted by Gasteiger charge is 2.34. The molecular weight excluding hydrogens is 297 g/mol. The molecule has 3 unspecified atom stereocenters. The van der Waals surface area contributed by atoms with Crippen molar-refractivity contribution in [3.05, 3.63) is 35.1 Å². The quantitative estimate of drug-likeness (QED) is 0.927. The van der Waals surface area contributed by atoms with E-state index < -0.39 is 0 Å². The van der Waals surface area contributed by atoms with Crippen LogP contribution in [0, 0.1) is 12.7 Å². The number of nitrogens with one attached hydrogen (secondary N) is 1. The molecule has 1 amide bonds. The van der Waals surface area contributed by atoms with Crippen LogP contribution >= 0.6 is 0 Å². The number of aryl methyl sites for hydroxylation is 2. The lowest BCUT2D eigenvalue weighted by Gasteiger charge is -2.39. The number of ether oxygens (including phenoxy) is 2. The fourth-order valence-electron chi connectivity index (χ4n) is 3.42. The Labute approximate surface area is 136 Å². The van der Waals surface area contributed by atoms with E-state index in [9.17, 15) is 9.18 Å². The third-order valence-corrected chi connectivity index (χ3v) is 4.71. The lowest BCUT2D eigenvalue weighted by molar-refractivity contribution is -0.158. The predicted molar refractivity (Wildman–Crippen MR) is 84.7 cm³/mol. The van der Waals surface area contributed by atoms with Gasteiger partial charge in [-0.3, -0.25) is 4.79 Å². The highest BCUT2D eigenvalue weighted by molar-refractivity contribution is 5.76. The van der Waals surface area contributed by atoms with Gasteiger partial charge in [-0.1, -0.05) is 12.1 Å². The summed E-state index contributed by atoms with van der Waals surface area (Å²) in [7, 11) is 0. The van der Waals surface area contributed by atoms with E-state index in [4.69, 9.17) is 9.47 Å². The number of fused-ring (bicyclic) bond motifs is 1. The van der Waals surface area contributed by atoms with E-state index in [0.717, 1.165) is 24.8 Å². The molecule has 0 bridgehead atoms. The van der Waals surface area contributed by atoms with Crippen LogP contribution in [0.5, 0.6) is 0 Å². The molecule has 1 aromatic carbocycles. The van der Waals surface area contributed by atoms with E-state index in [-0.39, 0.29) is 30.0 Å². The van der Waals surface area contributed by atoms with E-state index in [2.05, 4.69) is 5.32 Å². The van der Waals surface area contributed by atoms with Gasteiger partial charge in [0.05, 0.1) is 25.4 Å². The second kappa shape index (κ2) is 7.41. The Kier molecular flexibility index (Phi) is 5.28. The molecule has 0 radical (unpaired) electrons. The smallest absolute Gasteiger partial charge is 0.220 e. The number of carbonyl (C=O) groups excluding carboxylic acids is 1. The van der Waals surface area contributed by atoms with E-state index >= 15 is 0 Å². The molecule has 0 aromatic heterocycles. The van der Waals surface area contributed by atoms with Gasteiger partial charge >= 0.3 is 0 Å². The van der Waals surface area contributed by atoms with Crippen LogP contribution in [0.4, 0.5) is 4.39 Å². The molecule has 1 aliphatic carbocycles. The molecule has 1 aliphatic heterocycles. The van der Waals surface area contributed by atoms with Crippen molar-refractivity contribution >= 4 is 5.91 Å². The normalized spacial score (nSPS) is 27.3. The van der Waals surface area contributed by atoms with Crippen LogP contribution in [0.25, 0.3) is 0 Å². The lowest BCUT2D eigenvalue weighted by atomic mass is 9.89. The van der Waals surface area contributed by atoms with Crippen molar-refractivity contribution < 1.29 is 18.7 Å². The van der Waals surface area contributed by atoms with Gasteiger partial charge in [0.2, 0.25) is 5.91 Å². The number of hydrogen-bond acceptors (Lipinski definition) is 3. The van der Waals surface area contributed by atoms with Crippen molar-refractivity contribution in [1.82, 2.24) is 5.32 Å². The van der Waals surface area contributed by atoms with Crippen molar-refractivity contribution in [2.75, 3.05) is 13.2 Å². The van der Waals surface area contributed by atoms with E-state index in [1.165, 1.54) is 6.07 Å². The summed E-state index contributed by atoms with van der Waals surface area (Å²) in [6.07, 6.45) is 4.06. The number of carbonyl (C=O) groups is 1. The monoisotopic (exact) mass is 321 g/mol. The van der Waals surface area contributed by atoms with E-state index in [1.807, 2.05) is 0 Å². The maximum Gasteiger partial charge on any atom is 0.220 e. The molecular formula is C18H24FNO3. The summed E-state index contributed by atoms with van der Waals surface area (Å²) in [5.74, 6) is -0.156. The van der Waals surface area contributed by atoms with Crippen LogP contribution in [-0.2, 0) is 20.7 Å². The van der Waals surface area contributed by atoms with Gasteiger partial charge in [-0.15, -0.1) is 0 Å². The van der Waals surface area contributed by atoms with E-state index in [1.54, 1.807) is 19.1 Å². The summed E-state index contributed by atoms with van der Waals surface area (Å²) in [5, 5.41) is 3.10. The minimum atomic E-state index is -0.204. The van der Waals surface area contributed by atoms with Crippen molar-refractivity contribution in [2.24, 2.45) is 0 Å². The zero-order valence-corrected chi connectivity index (χ0v) is 13.5. The number of amides is 1. The standard InChI is InChI=1S/C18H24FNO3/c1-12-10-13(2-5-15(12)19)3-7-18(21)20-14-4-6-16-17(11-14)23-9-8-22-16/h2,5,10,14,16-17H,3-4,6-9,11H2,1H3,(H,20,21). The predicted octanol–water partition coefficient (Wildman–Crippen LogP) is 2.52. The minimum Gasteiger partial charge on any atom is -0.373 e. The van der Waals surface area contributed by atoms with Gasteiger partial charge in [0, 0.05) is 12.5 Å². The molecule has 3 rings (SSSR count). The van der Waals surface area contributed by atoms with Gasteiger partial charge in [0.15, 0.2) is 0 Å². The van der Waals surface area contributed by atoms with Crippen LogP contribution in [0.1, 0.15) is 36.8 Å². The SMILES string of the molecule is Cc1cc(CCC(=O)NC2CCC3OCCOC3C2)ccc1F. The van der Waals surface area contributed by atoms with Crippen molar-refractivity contribution in [1.29, 1.82) is 0 Å². The van der Waals surface area contributed by atoms with E-state index in [0.29, 0.717) is 31.6 Å². The largest absolute Gasteiger partial charge is 0.373 e. The molecule has 1 saturated heterocycles. The molecule has 2 aliphatic rings. The fraction of sp³-hybridized carbons (Fsp3) is 0.611. The van der Waals surface area contributed by atoms with Crippen LogP contribution in [0.15, 0.2) is 18.2 Å². The van der Waals surface area contributed by atoms with Crippen LogP contribution in [-0.4, -0.2) is 37.4 Å². The number of halogens is 1. The maximum atomic E-state index is 13.2. The van der Waals surface area contributed by atoms with Crippen LogP contribution < -0.4 is 5.32 Å². The number of hydrogen-bond donors (Lipinski definition) is 1. The molecule has 23 heavy (non-hydrogen) atoms. The first-order valence-electron chi connectivity index (χ1n) is 8.39. The zero-order valence-electron chi connectivity index (χ0n) is 13.5. The molecule has 1 heterocycles. The Morgan fingerprint density at radius 3 is 2.83 bits per heavy atom. The summed E-state index contributed by atoms with van der Waals surface area (Å²) in [6, 6.07) is 5.18. The molecule has 1 N–H and O–H groups in total. The molecule has 2 fully saturated rings. The van der Waals surface area contributed by atoms with Crippen molar-refractivity contribution in [3.63, 3.8) is 0 Å². The fourth-order valence-corrected chi connectivity index (χ4v) is 3.42. The molecule has 126 valence electrons. The van der Waals surface area contributed by atoms with Gasteiger partial charge in [0.25, 0.3) is 0 Å². The van der Waals surface area contributed by atoms with Gasteiger partial charge in [-0.2, -0.15) is 0 Å². The minimum absolute atomic E-state index is 0.0483. The van der Waals surface area contributed by atoms with Crippen LogP contribution in [0.3, 0.4) is 0 Å². The third kappa shape index (κ3) is 4.30. The Morgan fingerprint density at radius 1 is 1.26 bits per heavy atom. The lowest BCUT2D eigenvalue weighted by Crippen LogP contribution is -2.49. The molecule has 4 nitrogen and oxygen atoms in total. The average molecular weight is 321 g/mol. The highest BCUT2D eigenvalue weighted by Crippen LogP contribution is 2.26. The molecule has 1 aromatic rings. The molecule has 0 spiro atoms. The van der Waals surface area contributed by atoms with Gasteiger partial charge < -0.3 is 14.8 Å². The second-order valence-electron chi connectivity index (χ2n) is 6.48. The number of rotatable bonds is 4. The number of benzene rings is 1. The Hall–Kier alpha value is -1.46. The highest BCUT2D eigenvalue weighted by atomic mass is 19.1. The topological polar surface area (TPSA) is 47.6 Å². The first-order chi connectivity index (χ1) is 11.1. The Bertz CT molecular complexity index is 563. The van der Waals surface area contributed by atoms with Gasteiger partial charge in [0.1, 0.15) is 5.82 Å². The van der Waals surface area contributed by atoms with Crippen LogP contribution in [0.2, 0.25) is 0 Å². The summed E-state index contributed by atoms with van der Waals surface area (Å²) in [5.41, 5.74) is 1.61. The first-order valence-corrected chi connectivity index (χ1v) is 8.39. The first kappa shape index (κ1) is 16.4. The zero-order chi connectivity index (χ0) is 16.2. The Morgan fingerprint density at radius 2 is 2.04 bits per heavy atom. The second-order valence-corrected chi connectivity index (χ2v) is 6.48. The summed E-state index contributed by atoms with van der Waals surface area (Å²) >= 11 is 0.